The summed E-state index contributed by atoms with van der Waals surface area (Å²) in [7, 11) is 0. The first kappa shape index (κ1) is 8.00. The van der Waals surface area contributed by atoms with Crippen molar-refractivity contribution in [1.29, 1.82) is 0 Å². The summed E-state index contributed by atoms with van der Waals surface area (Å²) in [6, 6.07) is 6.15. The minimum Gasteiger partial charge on any atom is -0.381 e. The Morgan fingerprint density at radius 2 is 2.43 bits per heavy atom. The van der Waals surface area contributed by atoms with Crippen LogP contribution in [0.2, 0.25) is 0 Å². The van der Waals surface area contributed by atoms with Crippen molar-refractivity contribution in [3.05, 3.63) is 36.4 Å². The van der Waals surface area contributed by atoms with E-state index < -0.39 is 0 Å². The molecule has 0 aliphatic carbocycles. The SMILES string of the molecule is c1ccn2c(C3CCOC3)ncc2c1. The maximum absolute atomic E-state index is 5.38. The summed E-state index contributed by atoms with van der Waals surface area (Å²) in [5.74, 6) is 1.61. The fourth-order valence-electron chi connectivity index (χ4n) is 2.00. The second-order valence-corrected chi connectivity index (χ2v) is 3.67. The Morgan fingerprint density at radius 3 is 3.29 bits per heavy atom. The Morgan fingerprint density at radius 1 is 1.43 bits per heavy atom. The lowest BCUT2D eigenvalue weighted by Gasteiger charge is -2.05. The number of hydrogen-bond acceptors (Lipinski definition) is 2. The number of fused-ring (bicyclic) bond motifs is 1. The summed E-state index contributed by atoms with van der Waals surface area (Å²) >= 11 is 0. The number of ether oxygens (including phenoxy) is 1. The Labute approximate surface area is 82.3 Å². The molecule has 0 aromatic carbocycles. The highest BCUT2D eigenvalue weighted by Gasteiger charge is 2.21. The van der Waals surface area contributed by atoms with E-state index >= 15 is 0 Å². The molecule has 2 aromatic heterocycles. The monoisotopic (exact) mass is 188 g/mol. The van der Waals surface area contributed by atoms with Crippen LogP contribution in [0.5, 0.6) is 0 Å². The second-order valence-electron chi connectivity index (χ2n) is 3.67. The van der Waals surface area contributed by atoms with Crippen LogP contribution in [-0.4, -0.2) is 22.6 Å². The van der Waals surface area contributed by atoms with Crippen molar-refractivity contribution < 1.29 is 4.74 Å². The van der Waals surface area contributed by atoms with Gasteiger partial charge in [-0.05, 0) is 18.6 Å². The molecule has 1 saturated heterocycles. The van der Waals surface area contributed by atoms with E-state index in [-0.39, 0.29) is 0 Å². The first-order valence-corrected chi connectivity index (χ1v) is 4.95. The Hall–Kier alpha value is -1.35. The first-order chi connectivity index (χ1) is 6.95. The molecule has 72 valence electrons. The summed E-state index contributed by atoms with van der Waals surface area (Å²) < 4.78 is 7.53. The van der Waals surface area contributed by atoms with Crippen molar-refractivity contribution in [1.82, 2.24) is 9.38 Å². The number of imidazole rings is 1. The van der Waals surface area contributed by atoms with E-state index in [2.05, 4.69) is 21.6 Å². The Kier molecular flexibility index (Phi) is 1.77. The minimum absolute atomic E-state index is 0.472. The lowest BCUT2D eigenvalue weighted by atomic mass is 10.1. The molecule has 0 bridgehead atoms. The Balaban J connectivity index is 2.11. The molecule has 1 aliphatic rings. The van der Waals surface area contributed by atoms with Crippen molar-refractivity contribution in [2.75, 3.05) is 13.2 Å². The van der Waals surface area contributed by atoms with Gasteiger partial charge >= 0.3 is 0 Å². The summed E-state index contributed by atoms with van der Waals surface area (Å²) in [4.78, 5) is 4.46. The van der Waals surface area contributed by atoms with Gasteiger partial charge in [-0.2, -0.15) is 0 Å². The van der Waals surface area contributed by atoms with Crippen LogP contribution >= 0.6 is 0 Å². The van der Waals surface area contributed by atoms with Gasteiger partial charge in [-0.15, -0.1) is 0 Å². The molecular formula is C11H12N2O. The van der Waals surface area contributed by atoms with Crippen LogP contribution in [0, 0.1) is 0 Å². The third-order valence-corrected chi connectivity index (χ3v) is 2.76. The fraction of sp³-hybridized carbons (Fsp3) is 0.364. The number of aromatic nitrogens is 2. The van der Waals surface area contributed by atoms with E-state index in [1.54, 1.807) is 0 Å². The minimum atomic E-state index is 0.472. The van der Waals surface area contributed by atoms with Gasteiger partial charge in [0, 0.05) is 18.7 Å². The zero-order valence-electron chi connectivity index (χ0n) is 7.89. The zero-order chi connectivity index (χ0) is 9.38. The summed E-state index contributed by atoms with van der Waals surface area (Å²) in [5.41, 5.74) is 1.16. The van der Waals surface area contributed by atoms with Crippen LogP contribution in [0.25, 0.3) is 5.52 Å². The molecule has 3 heterocycles. The van der Waals surface area contributed by atoms with E-state index in [1.807, 2.05) is 18.3 Å². The number of hydrogen-bond donors (Lipinski definition) is 0. The predicted octanol–water partition coefficient (Wildman–Crippen LogP) is 1.84. The normalized spacial score (nSPS) is 21.9. The third-order valence-electron chi connectivity index (χ3n) is 2.76. The highest BCUT2D eigenvalue weighted by molar-refractivity contribution is 5.45. The largest absolute Gasteiger partial charge is 0.381 e. The van der Waals surface area contributed by atoms with Crippen LogP contribution in [-0.2, 0) is 4.74 Å². The van der Waals surface area contributed by atoms with Crippen molar-refractivity contribution in [3.63, 3.8) is 0 Å². The topological polar surface area (TPSA) is 26.5 Å². The molecule has 0 saturated carbocycles. The summed E-state index contributed by atoms with van der Waals surface area (Å²) in [6.45, 7) is 1.68. The van der Waals surface area contributed by atoms with E-state index in [4.69, 9.17) is 4.74 Å². The molecule has 0 radical (unpaired) electrons. The van der Waals surface area contributed by atoms with Crippen molar-refractivity contribution >= 4 is 5.52 Å². The molecule has 1 aliphatic heterocycles. The number of nitrogens with zero attached hydrogens (tertiary/aromatic N) is 2. The smallest absolute Gasteiger partial charge is 0.118 e. The molecule has 14 heavy (non-hydrogen) atoms. The van der Waals surface area contributed by atoms with E-state index in [0.717, 1.165) is 31.0 Å². The van der Waals surface area contributed by atoms with Gasteiger partial charge in [0.25, 0.3) is 0 Å². The van der Waals surface area contributed by atoms with Crippen LogP contribution < -0.4 is 0 Å². The van der Waals surface area contributed by atoms with Gasteiger partial charge in [0.2, 0.25) is 0 Å². The van der Waals surface area contributed by atoms with Gasteiger partial charge in [-0.3, -0.25) is 0 Å². The lowest BCUT2D eigenvalue weighted by molar-refractivity contribution is 0.193. The molecule has 3 nitrogen and oxygen atoms in total. The molecule has 0 N–H and O–H groups in total. The maximum atomic E-state index is 5.38. The van der Waals surface area contributed by atoms with E-state index in [1.165, 1.54) is 0 Å². The van der Waals surface area contributed by atoms with E-state index in [0.29, 0.717) is 5.92 Å². The number of pyridine rings is 1. The van der Waals surface area contributed by atoms with Crippen LogP contribution in [0.4, 0.5) is 0 Å². The average Bonchev–Trinajstić information content (AvgIpc) is 2.85. The van der Waals surface area contributed by atoms with Crippen LogP contribution in [0.15, 0.2) is 30.6 Å². The van der Waals surface area contributed by atoms with Crippen LogP contribution in [0.3, 0.4) is 0 Å². The standard InChI is InChI=1S/C11H12N2O/c1-2-5-13-10(3-1)7-12-11(13)9-4-6-14-8-9/h1-3,5,7,9H,4,6,8H2. The molecule has 1 unspecified atom stereocenters. The van der Waals surface area contributed by atoms with Gasteiger partial charge < -0.3 is 9.14 Å². The molecular weight excluding hydrogens is 176 g/mol. The number of rotatable bonds is 1. The molecule has 3 rings (SSSR count). The lowest BCUT2D eigenvalue weighted by Crippen LogP contribution is -2.03. The van der Waals surface area contributed by atoms with Crippen molar-refractivity contribution in [2.45, 2.75) is 12.3 Å². The van der Waals surface area contributed by atoms with Crippen molar-refractivity contribution in [2.24, 2.45) is 0 Å². The molecule has 0 spiro atoms. The maximum Gasteiger partial charge on any atom is 0.118 e. The highest BCUT2D eigenvalue weighted by Crippen LogP contribution is 2.24. The van der Waals surface area contributed by atoms with Gasteiger partial charge in [-0.25, -0.2) is 4.98 Å². The quantitative estimate of drug-likeness (QED) is 0.682. The second kappa shape index (κ2) is 3.10. The first-order valence-electron chi connectivity index (χ1n) is 4.95. The molecule has 0 amide bonds. The van der Waals surface area contributed by atoms with Gasteiger partial charge in [0.1, 0.15) is 5.82 Å². The Bertz CT molecular complexity index is 443. The van der Waals surface area contributed by atoms with Gasteiger partial charge in [0.15, 0.2) is 0 Å². The van der Waals surface area contributed by atoms with Crippen LogP contribution in [0.1, 0.15) is 18.2 Å². The zero-order valence-corrected chi connectivity index (χ0v) is 7.89. The molecule has 1 fully saturated rings. The van der Waals surface area contributed by atoms with E-state index in [9.17, 15) is 0 Å². The predicted molar refractivity (Wildman–Crippen MR) is 53.4 cm³/mol. The average molecular weight is 188 g/mol. The summed E-state index contributed by atoms with van der Waals surface area (Å²) in [6.07, 6.45) is 5.08. The highest BCUT2D eigenvalue weighted by atomic mass is 16.5. The molecule has 2 aromatic rings. The molecule has 3 heteroatoms. The molecule has 1 atom stereocenters. The summed E-state index contributed by atoms with van der Waals surface area (Å²) in [5, 5.41) is 0. The van der Waals surface area contributed by atoms with Gasteiger partial charge in [0.05, 0.1) is 18.3 Å². The van der Waals surface area contributed by atoms with Crippen molar-refractivity contribution in [3.8, 4) is 0 Å². The fourth-order valence-corrected chi connectivity index (χ4v) is 2.00. The third kappa shape index (κ3) is 1.13. The van der Waals surface area contributed by atoms with Gasteiger partial charge in [-0.1, -0.05) is 6.07 Å².